The van der Waals surface area contributed by atoms with Crippen molar-refractivity contribution in [3.05, 3.63) is 54.3 Å². The lowest BCUT2D eigenvalue weighted by Crippen LogP contribution is -2.06. The van der Waals surface area contributed by atoms with Crippen molar-refractivity contribution in [3.63, 3.8) is 0 Å². The van der Waals surface area contributed by atoms with Crippen LogP contribution in [0.15, 0.2) is 48.5 Å². The first-order valence-electron chi connectivity index (χ1n) is 5.15. The molecule has 4 heteroatoms. The summed E-state index contributed by atoms with van der Waals surface area (Å²) in [5.41, 5.74) is 0. The van der Waals surface area contributed by atoms with Crippen molar-refractivity contribution in [1.82, 2.24) is 0 Å². The number of rotatable bonds is 3. The molecule has 88 valence electrons. The van der Waals surface area contributed by atoms with Crippen LogP contribution in [0.25, 0.3) is 0 Å². The molecule has 2 aromatic carbocycles. The average molecular weight is 250 g/mol. The number of hydrogen-bond donors (Lipinski definition) is 0. The third kappa shape index (κ3) is 2.75. The molecule has 0 heterocycles. The van der Waals surface area contributed by atoms with Crippen LogP contribution >= 0.6 is 7.80 Å². The van der Waals surface area contributed by atoms with Gasteiger partial charge in [0.15, 0.2) is 0 Å². The molecule has 2 nitrogen and oxygen atoms in total. The second-order valence-corrected chi connectivity index (χ2v) is 5.38. The van der Waals surface area contributed by atoms with E-state index in [0.29, 0.717) is 16.4 Å². The Morgan fingerprint density at radius 3 is 2.35 bits per heavy atom. The van der Waals surface area contributed by atoms with Gasteiger partial charge >= 0.3 is 0 Å². The number of ether oxygens (including phenoxy) is 1. The van der Waals surface area contributed by atoms with Gasteiger partial charge in [0.25, 0.3) is 0 Å². The van der Waals surface area contributed by atoms with Gasteiger partial charge in [0.2, 0.25) is 0 Å². The van der Waals surface area contributed by atoms with Crippen molar-refractivity contribution in [3.8, 4) is 5.75 Å². The maximum atomic E-state index is 13.0. The topological polar surface area (TPSA) is 26.3 Å². The number of benzene rings is 2. The highest BCUT2D eigenvalue weighted by molar-refractivity contribution is 7.61. The Labute approximate surface area is 99.8 Å². The first-order valence-corrected chi connectivity index (χ1v) is 6.56. The summed E-state index contributed by atoms with van der Waals surface area (Å²) in [6, 6.07) is 12.9. The number of halogens is 1. The van der Waals surface area contributed by atoms with Crippen LogP contribution in [0.4, 0.5) is 4.39 Å². The normalized spacial score (nSPS) is 12.1. The number of methoxy groups -OCH3 is 1. The number of hydrogen-bond acceptors (Lipinski definition) is 2. The second kappa shape index (κ2) is 5.15. The molecule has 1 atom stereocenters. The van der Waals surface area contributed by atoms with Crippen LogP contribution in [0.2, 0.25) is 0 Å². The fraction of sp³-hybridized carbons (Fsp3) is 0.0769. The zero-order valence-electron chi connectivity index (χ0n) is 9.31. The van der Waals surface area contributed by atoms with Gasteiger partial charge in [-0.2, -0.15) is 0 Å². The lowest BCUT2D eigenvalue weighted by molar-refractivity contribution is 0.415. The molecule has 0 fully saturated rings. The van der Waals surface area contributed by atoms with Crippen molar-refractivity contribution < 1.29 is 13.7 Å². The van der Waals surface area contributed by atoms with E-state index in [0.717, 1.165) is 0 Å². The summed E-state index contributed by atoms with van der Waals surface area (Å²) in [6.45, 7) is 0. The minimum absolute atomic E-state index is 0.366. The van der Waals surface area contributed by atoms with Crippen molar-refractivity contribution in [2.45, 2.75) is 0 Å². The third-order valence-electron chi connectivity index (χ3n) is 2.44. The monoisotopic (exact) mass is 250 g/mol. The highest BCUT2D eigenvalue weighted by Gasteiger charge is 2.07. The Hall–Kier alpha value is -1.60. The molecular weight excluding hydrogens is 238 g/mol. The smallest absolute Gasteiger partial charge is 0.131 e. The Morgan fingerprint density at radius 1 is 1.06 bits per heavy atom. The Kier molecular flexibility index (Phi) is 3.60. The Morgan fingerprint density at radius 2 is 1.76 bits per heavy atom. The van der Waals surface area contributed by atoms with Gasteiger partial charge in [0.05, 0.1) is 7.11 Å². The van der Waals surface area contributed by atoms with Crippen LogP contribution in [0, 0.1) is 5.82 Å². The summed E-state index contributed by atoms with van der Waals surface area (Å²) in [5.74, 6) is 0.345. The maximum Gasteiger partial charge on any atom is 0.131 e. The molecule has 0 radical (unpaired) electrons. The third-order valence-corrected chi connectivity index (χ3v) is 4.13. The van der Waals surface area contributed by atoms with Gasteiger partial charge in [0, 0.05) is 10.6 Å². The lowest BCUT2D eigenvalue weighted by Gasteiger charge is -2.04. The minimum Gasteiger partial charge on any atom is -0.497 e. The highest BCUT2D eigenvalue weighted by Crippen LogP contribution is 2.21. The van der Waals surface area contributed by atoms with Crippen molar-refractivity contribution in [1.29, 1.82) is 0 Å². The molecule has 0 N–H and O–H groups in total. The average Bonchev–Trinajstić information content (AvgIpc) is 2.38. The molecule has 0 saturated carbocycles. The minimum atomic E-state index is -2.14. The fourth-order valence-corrected chi connectivity index (χ4v) is 2.86. The van der Waals surface area contributed by atoms with Crippen LogP contribution in [-0.2, 0) is 4.57 Å². The standard InChI is InChI=1S/C13H12FO2P/c1-16-11-5-7-12(8-6-11)17(15)13-4-2-3-10(14)9-13/h2-9,17H,1H3. The van der Waals surface area contributed by atoms with E-state index >= 15 is 0 Å². The Bertz CT molecular complexity index is 537. The van der Waals surface area contributed by atoms with Gasteiger partial charge in [-0.3, -0.25) is 0 Å². The molecule has 0 aromatic heterocycles. The summed E-state index contributed by atoms with van der Waals surface area (Å²) in [6.07, 6.45) is 0. The van der Waals surface area contributed by atoms with Gasteiger partial charge in [-0.1, -0.05) is 12.1 Å². The summed E-state index contributed by atoms with van der Waals surface area (Å²) < 4.78 is 30.2. The van der Waals surface area contributed by atoms with Crippen LogP contribution in [0.1, 0.15) is 0 Å². The van der Waals surface area contributed by atoms with Crippen molar-refractivity contribution >= 4 is 18.4 Å². The predicted molar refractivity (Wildman–Crippen MR) is 67.7 cm³/mol. The molecular formula is C13H12FO2P. The van der Waals surface area contributed by atoms with Gasteiger partial charge in [0.1, 0.15) is 19.4 Å². The highest BCUT2D eigenvalue weighted by atomic mass is 31.1. The molecule has 2 rings (SSSR count). The van der Waals surface area contributed by atoms with E-state index in [2.05, 4.69) is 0 Å². The van der Waals surface area contributed by atoms with Gasteiger partial charge in [-0.15, -0.1) is 0 Å². The van der Waals surface area contributed by atoms with Crippen molar-refractivity contribution in [2.75, 3.05) is 7.11 Å². The molecule has 0 aliphatic carbocycles. The molecule has 0 aliphatic rings. The predicted octanol–water partition coefficient (Wildman–Crippen LogP) is 2.34. The Balaban J connectivity index is 2.30. The quantitative estimate of drug-likeness (QED) is 0.781. The van der Waals surface area contributed by atoms with E-state index in [1.54, 1.807) is 43.5 Å². The molecule has 0 saturated heterocycles. The van der Waals surface area contributed by atoms with E-state index in [1.165, 1.54) is 12.1 Å². The van der Waals surface area contributed by atoms with E-state index in [-0.39, 0.29) is 5.82 Å². The van der Waals surface area contributed by atoms with E-state index in [1.807, 2.05) is 0 Å². The molecule has 17 heavy (non-hydrogen) atoms. The maximum absolute atomic E-state index is 13.0. The summed E-state index contributed by atoms with van der Waals surface area (Å²) >= 11 is 0. The SMILES string of the molecule is COc1ccc([PH](=O)c2cccc(F)c2)cc1. The zero-order chi connectivity index (χ0) is 12.3. The summed E-state index contributed by atoms with van der Waals surface area (Å²) in [7, 11) is -0.563. The molecule has 2 aromatic rings. The van der Waals surface area contributed by atoms with E-state index in [4.69, 9.17) is 4.74 Å². The van der Waals surface area contributed by atoms with Gasteiger partial charge in [-0.25, -0.2) is 4.39 Å². The van der Waals surface area contributed by atoms with Crippen LogP contribution < -0.4 is 15.3 Å². The first kappa shape index (κ1) is 11.9. The van der Waals surface area contributed by atoms with E-state index in [9.17, 15) is 8.96 Å². The van der Waals surface area contributed by atoms with E-state index < -0.39 is 7.80 Å². The molecule has 0 bridgehead atoms. The van der Waals surface area contributed by atoms with Gasteiger partial charge < -0.3 is 9.30 Å². The summed E-state index contributed by atoms with van der Waals surface area (Å²) in [5, 5.41) is 1.22. The second-order valence-electron chi connectivity index (χ2n) is 3.57. The van der Waals surface area contributed by atoms with Gasteiger partial charge in [-0.05, 0) is 36.4 Å². The van der Waals surface area contributed by atoms with Crippen molar-refractivity contribution in [2.24, 2.45) is 0 Å². The molecule has 0 amide bonds. The molecule has 1 unspecified atom stereocenters. The largest absolute Gasteiger partial charge is 0.497 e. The lowest BCUT2D eigenvalue weighted by atomic mass is 10.3. The summed E-state index contributed by atoms with van der Waals surface area (Å²) in [4.78, 5) is 0. The van der Waals surface area contributed by atoms with Crippen LogP contribution in [0.3, 0.4) is 0 Å². The fourth-order valence-electron chi connectivity index (χ4n) is 1.54. The molecule has 0 spiro atoms. The van der Waals surface area contributed by atoms with Crippen LogP contribution in [-0.4, -0.2) is 7.11 Å². The molecule has 0 aliphatic heterocycles. The van der Waals surface area contributed by atoms with Crippen LogP contribution in [0.5, 0.6) is 5.75 Å². The zero-order valence-corrected chi connectivity index (χ0v) is 10.3. The first-order chi connectivity index (χ1) is 8.20.